The third-order valence-corrected chi connectivity index (χ3v) is 3.72. The molecule has 0 aliphatic rings. The van der Waals surface area contributed by atoms with E-state index in [1.807, 2.05) is 35.1 Å². The van der Waals surface area contributed by atoms with Crippen LogP contribution in [-0.4, -0.2) is 46.7 Å². The molecule has 3 N–H and O–H groups in total. The Kier molecular flexibility index (Phi) is 8.76. The number of hydrogen-bond donors (Lipinski definition) is 3. The molecule has 1 aromatic rings. The molecule has 0 aromatic heterocycles. The number of carbonyl (C=O) groups excluding carboxylic acids is 2. The third kappa shape index (κ3) is 9.08. The van der Waals surface area contributed by atoms with Gasteiger partial charge in [0.25, 0.3) is 10.2 Å². The highest BCUT2D eigenvalue weighted by molar-refractivity contribution is 7.87. The number of esters is 1. The Morgan fingerprint density at radius 3 is 2.42 bits per heavy atom. The first-order chi connectivity index (χ1) is 11.4. The number of ether oxygens (including phenoxy) is 2. The van der Waals surface area contributed by atoms with Crippen molar-refractivity contribution in [2.24, 2.45) is 0 Å². The van der Waals surface area contributed by atoms with Crippen LogP contribution in [0.15, 0.2) is 30.3 Å². The highest BCUT2D eigenvalue weighted by Gasteiger charge is 2.12. The molecule has 0 saturated carbocycles. The minimum Gasteiger partial charge on any atom is -0.465 e. The fourth-order valence-corrected chi connectivity index (χ4v) is 2.32. The smallest absolute Gasteiger partial charge is 0.407 e. The first-order valence-corrected chi connectivity index (χ1v) is 8.75. The van der Waals surface area contributed by atoms with Crippen molar-refractivity contribution in [2.45, 2.75) is 13.5 Å². The summed E-state index contributed by atoms with van der Waals surface area (Å²) in [7, 11) is -3.84. The summed E-state index contributed by atoms with van der Waals surface area (Å²) in [6.07, 6.45) is -0.655. The maximum absolute atomic E-state index is 11.5. The van der Waals surface area contributed by atoms with Crippen molar-refractivity contribution in [3.63, 3.8) is 0 Å². The molecule has 0 spiro atoms. The second-order valence-electron chi connectivity index (χ2n) is 4.51. The van der Waals surface area contributed by atoms with E-state index < -0.39 is 28.8 Å². The normalized spacial score (nSPS) is 10.9. The molecule has 0 bridgehead atoms. The molecule has 24 heavy (non-hydrogen) atoms. The Labute approximate surface area is 140 Å². The van der Waals surface area contributed by atoms with Gasteiger partial charge < -0.3 is 14.8 Å². The summed E-state index contributed by atoms with van der Waals surface area (Å²) < 4.78 is 36.8. The van der Waals surface area contributed by atoms with Crippen LogP contribution in [0.25, 0.3) is 0 Å². The van der Waals surface area contributed by atoms with Crippen LogP contribution in [0.3, 0.4) is 0 Å². The Bertz CT molecular complexity index is 621. The van der Waals surface area contributed by atoms with Crippen LogP contribution < -0.4 is 14.8 Å². The lowest BCUT2D eigenvalue weighted by Crippen LogP contribution is -2.42. The van der Waals surface area contributed by atoms with Crippen LogP contribution in [0.1, 0.15) is 12.5 Å². The van der Waals surface area contributed by atoms with E-state index in [2.05, 4.69) is 14.8 Å². The van der Waals surface area contributed by atoms with E-state index in [-0.39, 0.29) is 26.3 Å². The zero-order chi connectivity index (χ0) is 17.8. The van der Waals surface area contributed by atoms with Gasteiger partial charge in [-0.05, 0) is 12.5 Å². The molecule has 0 radical (unpaired) electrons. The summed E-state index contributed by atoms with van der Waals surface area (Å²) >= 11 is 0. The van der Waals surface area contributed by atoms with Crippen molar-refractivity contribution in [1.29, 1.82) is 0 Å². The monoisotopic (exact) mass is 359 g/mol. The van der Waals surface area contributed by atoms with Gasteiger partial charge in [-0.3, -0.25) is 4.79 Å². The van der Waals surface area contributed by atoms with Crippen LogP contribution in [0, 0.1) is 0 Å². The van der Waals surface area contributed by atoms with Crippen LogP contribution in [0.5, 0.6) is 0 Å². The number of alkyl carbamates (subject to hydrolysis) is 1. The van der Waals surface area contributed by atoms with Crippen molar-refractivity contribution in [2.75, 3.05) is 26.2 Å². The quantitative estimate of drug-likeness (QED) is 0.396. The summed E-state index contributed by atoms with van der Waals surface area (Å²) in [5.41, 5.74) is 0.844. The van der Waals surface area contributed by atoms with Gasteiger partial charge in [-0.15, -0.1) is 0 Å². The summed E-state index contributed by atoms with van der Waals surface area (Å²) in [4.78, 5) is 22.5. The van der Waals surface area contributed by atoms with Crippen LogP contribution >= 0.6 is 0 Å². The van der Waals surface area contributed by atoms with Gasteiger partial charge in [0.1, 0.15) is 13.2 Å². The number of hydrogen-bond acceptors (Lipinski definition) is 6. The van der Waals surface area contributed by atoms with Crippen LogP contribution in [-0.2, 0) is 31.1 Å². The molecule has 0 unspecified atom stereocenters. The van der Waals surface area contributed by atoms with Crippen LogP contribution in [0.2, 0.25) is 0 Å². The minimum absolute atomic E-state index is 0.0357. The zero-order valence-corrected chi connectivity index (χ0v) is 14.1. The Morgan fingerprint density at radius 2 is 1.75 bits per heavy atom. The van der Waals surface area contributed by atoms with E-state index in [1.54, 1.807) is 6.92 Å². The standard InChI is InChI=1S/C14H21N3O6S/c1-2-22-13(18)10-17-24(20,21)16-9-8-15-14(19)23-11-12-6-4-3-5-7-12/h3-7,16-17H,2,8-11H2,1H3,(H,15,19). The lowest BCUT2D eigenvalue weighted by Gasteiger charge is -2.09. The molecule has 1 amide bonds. The molecular formula is C14H21N3O6S. The fourth-order valence-electron chi connectivity index (χ4n) is 1.54. The highest BCUT2D eigenvalue weighted by atomic mass is 32.2. The van der Waals surface area contributed by atoms with Crippen molar-refractivity contribution >= 4 is 22.3 Å². The van der Waals surface area contributed by atoms with Gasteiger partial charge in [-0.1, -0.05) is 30.3 Å². The predicted octanol–water partition coefficient (Wildman–Crippen LogP) is -0.100. The average Bonchev–Trinajstić information content (AvgIpc) is 2.56. The highest BCUT2D eigenvalue weighted by Crippen LogP contribution is 2.00. The second kappa shape index (κ2) is 10.6. The Balaban J connectivity index is 2.15. The molecule has 0 heterocycles. The molecule has 0 atom stereocenters. The van der Waals surface area contributed by atoms with Gasteiger partial charge in [-0.25, -0.2) is 9.52 Å². The number of benzene rings is 1. The van der Waals surface area contributed by atoms with E-state index in [9.17, 15) is 18.0 Å². The summed E-state index contributed by atoms with van der Waals surface area (Å²) in [5.74, 6) is -0.675. The SMILES string of the molecule is CCOC(=O)CNS(=O)(=O)NCCNC(=O)OCc1ccccc1. The lowest BCUT2D eigenvalue weighted by atomic mass is 10.2. The second-order valence-corrected chi connectivity index (χ2v) is 6.10. The predicted molar refractivity (Wildman–Crippen MR) is 86.2 cm³/mol. The molecular weight excluding hydrogens is 338 g/mol. The molecule has 1 aromatic carbocycles. The largest absolute Gasteiger partial charge is 0.465 e. The summed E-state index contributed by atoms with van der Waals surface area (Å²) in [5, 5.41) is 2.40. The van der Waals surface area contributed by atoms with E-state index in [1.165, 1.54) is 0 Å². The van der Waals surface area contributed by atoms with Gasteiger partial charge >= 0.3 is 12.1 Å². The van der Waals surface area contributed by atoms with Crippen molar-refractivity contribution < 1.29 is 27.5 Å². The molecule has 0 saturated heterocycles. The topological polar surface area (TPSA) is 123 Å². The van der Waals surface area contributed by atoms with Crippen molar-refractivity contribution in [3.05, 3.63) is 35.9 Å². The van der Waals surface area contributed by atoms with Crippen molar-refractivity contribution in [3.8, 4) is 0 Å². The molecule has 134 valence electrons. The van der Waals surface area contributed by atoms with Gasteiger partial charge in [0.05, 0.1) is 6.61 Å². The van der Waals surface area contributed by atoms with Gasteiger partial charge in [0.15, 0.2) is 0 Å². The maximum Gasteiger partial charge on any atom is 0.407 e. The van der Waals surface area contributed by atoms with E-state index >= 15 is 0 Å². The zero-order valence-electron chi connectivity index (χ0n) is 13.3. The molecule has 0 aliphatic carbocycles. The minimum atomic E-state index is -3.84. The maximum atomic E-state index is 11.5. The molecule has 10 heteroatoms. The molecule has 0 aliphatic heterocycles. The summed E-state index contributed by atoms with van der Waals surface area (Å²) in [6.45, 7) is 1.43. The molecule has 1 rings (SSSR count). The van der Waals surface area contributed by atoms with Crippen LogP contribution in [0.4, 0.5) is 4.79 Å². The fraction of sp³-hybridized carbons (Fsp3) is 0.429. The van der Waals surface area contributed by atoms with E-state index in [4.69, 9.17) is 4.74 Å². The van der Waals surface area contributed by atoms with E-state index in [0.717, 1.165) is 5.56 Å². The number of rotatable bonds is 10. The molecule has 9 nitrogen and oxygen atoms in total. The van der Waals surface area contributed by atoms with Gasteiger partial charge in [-0.2, -0.15) is 13.1 Å². The molecule has 0 fully saturated rings. The summed E-state index contributed by atoms with van der Waals surface area (Å²) in [6, 6.07) is 9.14. The number of carbonyl (C=O) groups is 2. The first kappa shape index (κ1) is 19.9. The Hall–Kier alpha value is -2.17. The third-order valence-electron chi connectivity index (χ3n) is 2.61. The van der Waals surface area contributed by atoms with Gasteiger partial charge in [0.2, 0.25) is 0 Å². The number of nitrogens with one attached hydrogen (secondary N) is 3. The van der Waals surface area contributed by atoms with E-state index in [0.29, 0.717) is 0 Å². The average molecular weight is 359 g/mol. The number of amides is 1. The Morgan fingerprint density at radius 1 is 1.04 bits per heavy atom. The first-order valence-electron chi connectivity index (χ1n) is 7.27. The van der Waals surface area contributed by atoms with Crippen molar-refractivity contribution in [1.82, 2.24) is 14.8 Å². The van der Waals surface area contributed by atoms with Gasteiger partial charge in [0, 0.05) is 13.1 Å². The lowest BCUT2D eigenvalue weighted by molar-refractivity contribution is -0.141.